The van der Waals surface area contributed by atoms with E-state index in [-0.39, 0.29) is 0 Å². The number of nitrogens with zero attached hydrogens (tertiary/aromatic N) is 3. The Morgan fingerprint density at radius 3 is 2.74 bits per heavy atom. The van der Waals surface area contributed by atoms with Gasteiger partial charge in [0.2, 0.25) is 0 Å². The molecule has 2 aromatic heterocycles. The minimum atomic E-state index is 0.435. The number of halogens is 2. The smallest absolute Gasteiger partial charge is 0.154 e. The van der Waals surface area contributed by atoms with Crippen molar-refractivity contribution in [3.8, 4) is 16.8 Å². The molecule has 0 amide bonds. The molecule has 94 valence electrons. The summed E-state index contributed by atoms with van der Waals surface area (Å²) in [5.74, 6) is 0. The van der Waals surface area contributed by atoms with Crippen LogP contribution in [0.15, 0.2) is 59.5 Å². The number of rotatable bonds is 2. The van der Waals surface area contributed by atoms with Gasteiger partial charge in [-0.3, -0.25) is 0 Å². The average molecular weight is 335 g/mol. The molecule has 3 rings (SSSR count). The number of pyridine rings is 1. The van der Waals surface area contributed by atoms with E-state index in [1.165, 1.54) is 0 Å². The van der Waals surface area contributed by atoms with E-state index < -0.39 is 0 Å². The average Bonchev–Trinajstić information content (AvgIpc) is 2.89. The molecule has 2 heterocycles. The van der Waals surface area contributed by atoms with Crippen LogP contribution in [0, 0.1) is 0 Å². The lowest BCUT2D eigenvalue weighted by molar-refractivity contribution is 0.874. The summed E-state index contributed by atoms with van der Waals surface area (Å²) in [6, 6.07) is 11.7. The zero-order valence-corrected chi connectivity index (χ0v) is 12.1. The van der Waals surface area contributed by atoms with Crippen LogP contribution in [0.5, 0.6) is 0 Å². The fourth-order valence-corrected chi connectivity index (χ4v) is 2.56. The SMILES string of the molecule is Clc1ncccc1-n1cc(-c2ccccc2Br)cn1. The van der Waals surface area contributed by atoms with Gasteiger partial charge in [-0.1, -0.05) is 45.7 Å². The van der Waals surface area contributed by atoms with Gasteiger partial charge in [-0.2, -0.15) is 5.10 Å². The van der Waals surface area contributed by atoms with Crippen LogP contribution in [0.2, 0.25) is 5.15 Å². The Morgan fingerprint density at radius 1 is 1.11 bits per heavy atom. The molecule has 0 fully saturated rings. The second-order valence-electron chi connectivity index (χ2n) is 3.97. The van der Waals surface area contributed by atoms with Gasteiger partial charge in [-0.25, -0.2) is 9.67 Å². The lowest BCUT2D eigenvalue weighted by atomic mass is 10.1. The second-order valence-corrected chi connectivity index (χ2v) is 5.18. The van der Waals surface area contributed by atoms with Crippen molar-refractivity contribution in [2.24, 2.45) is 0 Å². The molecule has 0 aliphatic rings. The molecule has 3 aromatic rings. The molecule has 0 N–H and O–H groups in total. The zero-order chi connectivity index (χ0) is 13.2. The first-order chi connectivity index (χ1) is 9.25. The molecule has 3 nitrogen and oxygen atoms in total. The molecule has 0 aliphatic carbocycles. The Kier molecular flexibility index (Phi) is 3.36. The Morgan fingerprint density at radius 2 is 1.95 bits per heavy atom. The first-order valence-electron chi connectivity index (χ1n) is 5.66. The maximum Gasteiger partial charge on any atom is 0.154 e. The minimum absolute atomic E-state index is 0.435. The van der Waals surface area contributed by atoms with Crippen LogP contribution in [0.4, 0.5) is 0 Å². The number of hydrogen-bond donors (Lipinski definition) is 0. The Bertz CT molecular complexity index is 664. The molecule has 0 atom stereocenters. The number of benzene rings is 1. The third-order valence-electron chi connectivity index (χ3n) is 2.75. The number of hydrogen-bond acceptors (Lipinski definition) is 2. The molecule has 0 aliphatic heterocycles. The van der Waals surface area contributed by atoms with Crippen LogP contribution in [-0.2, 0) is 0 Å². The third-order valence-corrected chi connectivity index (χ3v) is 3.74. The van der Waals surface area contributed by atoms with Crippen molar-refractivity contribution < 1.29 is 0 Å². The van der Waals surface area contributed by atoms with E-state index in [1.807, 2.05) is 48.8 Å². The lowest BCUT2D eigenvalue weighted by Crippen LogP contribution is -1.95. The highest BCUT2D eigenvalue weighted by Crippen LogP contribution is 2.28. The van der Waals surface area contributed by atoms with Crippen molar-refractivity contribution in [1.29, 1.82) is 0 Å². The minimum Gasteiger partial charge on any atom is -0.242 e. The van der Waals surface area contributed by atoms with Gasteiger partial charge in [-0.15, -0.1) is 0 Å². The van der Waals surface area contributed by atoms with Gasteiger partial charge in [0.1, 0.15) is 5.69 Å². The molecule has 0 bridgehead atoms. The van der Waals surface area contributed by atoms with Gasteiger partial charge >= 0.3 is 0 Å². The van der Waals surface area contributed by atoms with Crippen LogP contribution in [0.3, 0.4) is 0 Å². The van der Waals surface area contributed by atoms with Gasteiger partial charge < -0.3 is 0 Å². The summed E-state index contributed by atoms with van der Waals surface area (Å²) in [4.78, 5) is 4.05. The number of aromatic nitrogens is 3. The summed E-state index contributed by atoms with van der Waals surface area (Å²) in [6.45, 7) is 0. The van der Waals surface area contributed by atoms with E-state index in [1.54, 1.807) is 10.9 Å². The van der Waals surface area contributed by atoms with Crippen LogP contribution >= 0.6 is 27.5 Å². The molecule has 0 unspecified atom stereocenters. The molecule has 1 aromatic carbocycles. The summed E-state index contributed by atoms with van der Waals surface area (Å²) in [7, 11) is 0. The monoisotopic (exact) mass is 333 g/mol. The molecule has 19 heavy (non-hydrogen) atoms. The maximum atomic E-state index is 6.06. The van der Waals surface area contributed by atoms with E-state index in [2.05, 4.69) is 26.0 Å². The standard InChI is InChI=1S/C14H9BrClN3/c15-12-5-2-1-4-11(12)10-8-18-19(9-10)13-6-3-7-17-14(13)16/h1-9H. The van der Waals surface area contributed by atoms with Crippen molar-refractivity contribution in [3.05, 3.63) is 64.6 Å². The van der Waals surface area contributed by atoms with Crippen molar-refractivity contribution in [1.82, 2.24) is 14.8 Å². The Hall–Kier alpha value is -1.65. The van der Waals surface area contributed by atoms with Crippen LogP contribution in [0.1, 0.15) is 0 Å². The quantitative estimate of drug-likeness (QED) is 0.652. The van der Waals surface area contributed by atoms with E-state index in [9.17, 15) is 0 Å². The van der Waals surface area contributed by atoms with Crippen LogP contribution < -0.4 is 0 Å². The first kappa shape index (κ1) is 12.4. The Balaban J connectivity index is 2.06. The van der Waals surface area contributed by atoms with Crippen molar-refractivity contribution in [3.63, 3.8) is 0 Å². The summed E-state index contributed by atoms with van der Waals surface area (Å²) in [6.07, 6.45) is 5.40. The van der Waals surface area contributed by atoms with Gasteiger partial charge in [0, 0.05) is 22.4 Å². The highest BCUT2D eigenvalue weighted by atomic mass is 79.9. The molecule has 0 saturated heterocycles. The highest BCUT2D eigenvalue weighted by Gasteiger charge is 2.08. The van der Waals surface area contributed by atoms with Gasteiger partial charge in [0.15, 0.2) is 5.15 Å². The van der Waals surface area contributed by atoms with Gasteiger partial charge in [0.25, 0.3) is 0 Å². The van der Waals surface area contributed by atoms with Crippen LogP contribution in [0.25, 0.3) is 16.8 Å². The molecular weight excluding hydrogens is 326 g/mol. The summed E-state index contributed by atoms with van der Waals surface area (Å²) < 4.78 is 2.76. The van der Waals surface area contributed by atoms with Crippen molar-refractivity contribution >= 4 is 27.5 Å². The summed E-state index contributed by atoms with van der Waals surface area (Å²) in [5.41, 5.74) is 2.88. The highest BCUT2D eigenvalue weighted by molar-refractivity contribution is 9.10. The first-order valence-corrected chi connectivity index (χ1v) is 6.83. The van der Waals surface area contributed by atoms with E-state index in [0.717, 1.165) is 21.3 Å². The topological polar surface area (TPSA) is 30.7 Å². The summed E-state index contributed by atoms with van der Waals surface area (Å²) in [5, 5.41) is 4.77. The van der Waals surface area contributed by atoms with E-state index in [0.29, 0.717) is 5.15 Å². The Labute approximate surface area is 124 Å². The predicted octanol–water partition coefficient (Wildman–Crippen LogP) is 4.35. The van der Waals surface area contributed by atoms with Gasteiger partial charge in [-0.05, 0) is 23.8 Å². The molecule has 0 spiro atoms. The second kappa shape index (κ2) is 5.15. The summed E-state index contributed by atoms with van der Waals surface area (Å²) >= 11 is 9.60. The van der Waals surface area contributed by atoms with Crippen LogP contribution in [-0.4, -0.2) is 14.8 Å². The van der Waals surface area contributed by atoms with E-state index in [4.69, 9.17) is 11.6 Å². The van der Waals surface area contributed by atoms with Gasteiger partial charge in [0.05, 0.1) is 6.20 Å². The fourth-order valence-electron chi connectivity index (χ4n) is 1.84. The molecule has 0 saturated carbocycles. The fraction of sp³-hybridized carbons (Fsp3) is 0. The molecular formula is C14H9BrClN3. The lowest BCUT2D eigenvalue weighted by Gasteiger charge is -2.02. The third kappa shape index (κ3) is 2.41. The molecule has 0 radical (unpaired) electrons. The predicted molar refractivity (Wildman–Crippen MR) is 79.5 cm³/mol. The van der Waals surface area contributed by atoms with E-state index >= 15 is 0 Å². The maximum absolute atomic E-state index is 6.06. The van der Waals surface area contributed by atoms with Crippen molar-refractivity contribution in [2.45, 2.75) is 0 Å². The normalized spacial score (nSPS) is 10.6. The van der Waals surface area contributed by atoms with Crippen molar-refractivity contribution in [2.75, 3.05) is 0 Å². The molecule has 5 heteroatoms. The zero-order valence-electron chi connectivity index (χ0n) is 9.79. The largest absolute Gasteiger partial charge is 0.242 e.